The van der Waals surface area contributed by atoms with Crippen LogP contribution in [0.25, 0.3) is 0 Å². The van der Waals surface area contributed by atoms with Crippen molar-refractivity contribution in [2.24, 2.45) is 0 Å². The van der Waals surface area contributed by atoms with Crippen LogP contribution in [0.4, 0.5) is 0 Å². The molecule has 2 aromatic rings. The normalized spacial score (nSPS) is 12.1. The van der Waals surface area contributed by atoms with Crippen LogP contribution in [-0.4, -0.2) is 17.2 Å². The van der Waals surface area contributed by atoms with Gasteiger partial charge >= 0.3 is 0 Å². The highest BCUT2D eigenvalue weighted by molar-refractivity contribution is 5.41. The van der Waals surface area contributed by atoms with E-state index in [9.17, 15) is 5.11 Å². The number of hydrogen-bond acceptors (Lipinski definition) is 4. The molecule has 0 saturated carbocycles. The molecule has 4 nitrogen and oxygen atoms in total. The van der Waals surface area contributed by atoms with Gasteiger partial charge in [-0.2, -0.15) is 0 Å². The average molecular weight is 258 g/mol. The summed E-state index contributed by atoms with van der Waals surface area (Å²) in [6.45, 7) is 2.79. The fourth-order valence-corrected chi connectivity index (χ4v) is 1.85. The molecule has 4 heteroatoms. The highest BCUT2D eigenvalue weighted by Crippen LogP contribution is 2.26. The van der Waals surface area contributed by atoms with Crippen molar-refractivity contribution in [2.75, 3.05) is 7.11 Å². The number of ether oxygens (including phenoxy) is 1. The number of nitrogens with one attached hydrogen (secondary N) is 1. The molecule has 0 saturated heterocycles. The number of aromatic nitrogens is 1. The lowest BCUT2D eigenvalue weighted by Gasteiger charge is -2.14. The molecule has 0 radical (unpaired) electrons. The lowest BCUT2D eigenvalue weighted by atomic mass is 10.1. The third-order valence-corrected chi connectivity index (χ3v) is 3.04. The number of benzene rings is 1. The molecular weight excluding hydrogens is 240 g/mol. The molecule has 0 fully saturated rings. The summed E-state index contributed by atoms with van der Waals surface area (Å²) < 4.78 is 5.09. The van der Waals surface area contributed by atoms with Crippen LogP contribution in [0, 0.1) is 0 Å². The first-order valence-electron chi connectivity index (χ1n) is 6.20. The predicted octanol–water partition coefficient (Wildman–Crippen LogP) is 2.65. The van der Waals surface area contributed by atoms with Gasteiger partial charge in [-0.3, -0.25) is 4.98 Å². The summed E-state index contributed by atoms with van der Waals surface area (Å²) >= 11 is 0. The van der Waals surface area contributed by atoms with Gasteiger partial charge < -0.3 is 15.2 Å². The molecule has 0 aliphatic rings. The Balaban J connectivity index is 1.99. The number of pyridine rings is 1. The molecule has 0 aliphatic heterocycles. The van der Waals surface area contributed by atoms with Crippen LogP contribution in [0.1, 0.15) is 24.1 Å². The summed E-state index contributed by atoms with van der Waals surface area (Å²) in [5.74, 6) is 0.653. The molecule has 1 aromatic carbocycles. The van der Waals surface area contributed by atoms with Gasteiger partial charge in [-0.05, 0) is 36.2 Å². The number of rotatable bonds is 5. The first kappa shape index (κ1) is 13.4. The Kier molecular flexibility index (Phi) is 4.36. The number of phenolic OH excluding ortho intramolecular Hbond substituents is 1. The lowest BCUT2D eigenvalue weighted by Crippen LogP contribution is -2.18. The Hall–Kier alpha value is -2.07. The van der Waals surface area contributed by atoms with Gasteiger partial charge in [0.25, 0.3) is 0 Å². The van der Waals surface area contributed by atoms with Gasteiger partial charge in [-0.25, -0.2) is 0 Å². The maximum atomic E-state index is 9.54. The monoisotopic (exact) mass is 258 g/mol. The zero-order valence-electron chi connectivity index (χ0n) is 11.1. The van der Waals surface area contributed by atoms with Gasteiger partial charge in [0.1, 0.15) is 0 Å². The maximum Gasteiger partial charge on any atom is 0.160 e. The average Bonchev–Trinajstić information content (AvgIpc) is 2.47. The van der Waals surface area contributed by atoms with Gasteiger partial charge in [0.15, 0.2) is 11.5 Å². The van der Waals surface area contributed by atoms with Crippen LogP contribution < -0.4 is 10.1 Å². The second kappa shape index (κ2) is 6.20. The van der Waals surface area contributed by atoms with Crippen LogP contribution in [0.2, 0.25) is 0 Å². The van der Waals surface area contributed by atoms with Crippen molar-refractivity contribution in [1.82, 2.24) is 10.3 Å². The molecular formula is C15H18N2O2. The van der Waals surface area contributed by atoms with Crippen LogP contribution in [-0.2, 0) is 6.54 Å². The minimum Gasteiger partial charge on any atom is -0.504 e. The fourth-order valence-electron chi connectivity index (χ4n) is 1.85. The van der Waals surface area contributed by atoms with Crippen LogP contribution in [0.3, 0.4) is 0 Å². The van der Waals surface area contributed by atoms with E-state index in [0.29, 0.717) is 12.3 Å². The minimum atomic E-state index is 0.159. The zero-order valence-corrected chi connectivity index (χ0v) is 11.1. The summed E-state index contributed by atoms with van der Waals surface area (Å²) in [5.41, 5.74) is 2.21. The van der Waals surface area contributed by atoms with E-state index in [4.69, 9.17) is 4.74 Å². The molecule has 0 unspecified atom stereocenters. The molecule has 19 heavy (non-hydrogen) atoms. The standard InChI is InChI=1S/C15H18N2O2/c1-11(13-4-3-7-16-10-13)17-9-12-5-6-14(18)15(8-12)19-2/h3-8,10-11,17-18H,9H2,1-2H3/t11-/m0/s1. The van der Waals surface area contributed by atoms with Crippen molar-refractivity contribution in [1.29, 1.82) is 0 Å². The number of nitrogens with zero attached hydrogens (tertiary/aromatic N) is 1. The number of methoxy groups -OCH3 is 1. The van der Waals surface area contributed by atoms with Crippen molar-refractivity contribution >= 4 is 0 Å². The van der Waals surface area contributed by atoms with Crippen molar-refractivity contribution < 1.29 is 9.84 Å². The van der Waals surface area contributed by atoms with E-state index in [-0.39, 0.29) is 11.8 Å². The van der Waals surface area contributed by atoms with Crippen molar-refractivity contribution in [3.8, 4) is 11.5 Å². The zero-order chi connectivity index (χ0) is 13.7. The summed E-state index contributed by atoms with van der Waals surface area (Å²) in [5, 5.41) is 12.9. The third kappa shape index (κ3) is 3.45. The molecule has 100 valence electrons. The topological polar surface area (TPSA) is 54.4 Å². The predicted molar refractivity (Wildman–Crippen MR) is 74.2 cm³/mol. The van der Waals surface area contributed by atoms with E-state index in [0.717, 1.165) is 11.1 Å². The molecule has 1 atom stereocenters. The van der Waals surface area contributed by atoms with Gasteiger partial charge in [0.2, 0.25) is 0 Å². The number of aromatic hydroxyl groups is 1. The quantitative estimate of drug-likeness (QED) is 0.865. The van der Waals surface area contributed by atoms with Gasteiger partial charge in [0, 0.05) is 25.0 Å². The van der Waals surface area contributed by atoms with Crippen LogP contribution in [0.5, 0.6) is 11.5 Å². The van der Waals surface area contributed by atoms with Gasteiger partial charge in [-0.1, -0.05) is 12.1 Å². The van der Waals surface area contributed by atoms with Crippen molar-refractivity contribution in [3.05, 3.63) is 53.9 Å². The van der Waals surface area contributed by atoms with Crippen LogP contribution >= 0.6 is 0 Å². The Morgan fingerprint density at radius 2 is 2.21 bits per heavy atom. The summed E-state index contributed by atoms with van der Waals surface area (Å²) in [6, 6.07) is 9.54. The Bertz CT molecular complexity index is 529. The van der Waals surface area contributed by atoms with E-state index < -0.39 is 0 Å². The Labute approximate surface area is 113 Å². The molecule has 0 amide bonds. The van der Waals surface area contributed by atoms with E-state index in [2.05, 4.69) is 17.2 Å². The van der Waals surface area contributed by atoms with Crippen molar-refractivity contribution in [2.45, 2.75) is 19.5 Å². The molecule has 1 heterocycles. The van der Waals surface area contributed by atoms with Gasteiger partial charge in [-0.15, -0.1) is 0 Å². The summed E-state index contributed by atoms with van der Waals surface area (Å²) in [4.78, 5) is 4.11. The smallest absolute Gasteiger partial charge is 0.160 e. The maximum absolute atomic E-state index is 9.54. The Morgan fingerprint density at radius 3 is 2.89 bits per heavy atom. The molecule has 1 aromatic heterocycles. The number of phenols is 1. The van der Waals surface area contributed by atoms with Crippen LogP contribution in [0.15, 0.2) is 42.7 Å². The van der Waals surface area contributed by atoms with Crippen molar-refractivity contribution in [3.63, 3.8) is 0 Å². The molecule has 0 aliphatic carbocycles. The largest absolute Gasteiger partial charge is 0.504 e. The van der Waals surface area contributed by atoms with E-state index in [1.165, 1.54) is 0 Å². The molecule has 0 bridgehead atoms. The number of hydrogen-bond donors (Lipinski definition) is 2. The van der Waals surface area contributed by atoms with E-state index in [1.54, 1.807) is 19.4 Å². The fraction of sp³-hybridized carbons (Fsp3) is 0.267. The van der Waals surface area contributed by atoms with E-state index >= 15 is 0 Å². The second-order valence-electron chi connectivity index (χ2n) is 4.40. The minimum absolute atomic E-state index is 0.159. The molecule has 2 rings (SSSR count). The summed E-state index contributed by atoms with van der Waals surface area (Å²) in [7, 11) is 1.55. The SMILES string of the molecule is COc1cc(CN[C@@H](C)c2cccnc2)ccc1O. The highest BCUT2D eigenvalue weighted by Gasteiger charge is 2.06. The third-order valence-electron chi connectivity index (χ3n) is 3.04. The molecule has 2 N–H and O–H groups in total. The summed E-state index contributed by atoms with van der Waals surface area (Å²) in [6.07, 6.45) is 3.62. The van der Waals surface area contributed by atoms with Gasteiger partial charge in [0.05, 0.1) is 7.11 Å². The second-order valence-corrected chi connectivity index (χ2v) is 4.40. The Morgan fingerprint density at radius 1 is 1.37 bits per heavy atom. The first-order chi connectivity index (χ1) is 9.20. The van der Waals surface area contributed by atoms with E-state index in [1.807, 2.05) is 30.5 Å². The molecule has 0 spiro atoms. The first-order valence-corrected chi connectivity index (χ1v) is 6.20. The highest BCUT2D eigenvalue weighted by atomic mass is 16.5. The lowest BCUT2D eigenvalue weighted by molar-refractivity contribution is 0.372.